The van der Waals surface area contributed by atoms with Crippen LogP contribution in [0.25, 0.3) is 6.08 Å². The summed E-state index contributed by atoms with van der Waals surface area (Å²) < 4.78 is 11.9. The van der Waals surface area contributed by atoms with Crippen LogP contribution in [0.4, 0.5) is 5.69 Å². The van der Waals surface area contributed by atoms with Crippen LogP contribution < -0.4 is 9.47 Å². The summed E-state index contributed by atoms with van der Waals surface area (Å²) in [5.74, 6) is 1.15. The molecule has 0 amide bonds. The van der Waals surface area contributed by atoms with Gasteiger partial charge in [-0.2, -0.15) is 0 Å². The second-order valence-electron chi connectivity index (χ2n) is 7.59. The zero-order chi connectivity index (χ0) is 22.2. The zero-order valence-electron chi connectivity index (χ0n) is 16.8. The number of halogens is 1. The molecule has 0 bridgehead atoms. The number of carbonyl (C=O) groups excluding carboxylic acids is 1. The molecule has 3 aromatic rings. The first kappa shape index (κ1) is 20.2. The Bertz CT molecular complexity index is 1250. The molecule has 0 fully saturated rings. The molecule has 2 heterocycles. The van der Waals surface area contributed by atoms with E-state index in [9.17, 15) is 14.9 Å². The van der Waals surface area contributed by atoms with Gasteiger partial charge in [0, 0.05) is 30.2 Å². The van der Waals surface area contributed by atoms with Gasteiger partial charge in [0.15, 0.2) is 5.76 Å². The smallest absolute Gasteiger partial charge is 0.269 e. The SMILES string of the molecule is O=C1/C(=C/c2ccc([N+](=O)[O-])cc2)Oc2c1ccc1c2CN(Cc2ccc(Cl)cc2)CO1. The molecule has 0 unspecified atom stereocenters. The molecule has 0 N–H and O–H groups in total. The molecule has 3 aromatic carbocycles. The van der Waals surface area contributed by atoms with E-state index in [4.69, 9.17) is 21.1 Å². The van der Waals surface area contributed by atoms with Gasteiger partial charge in [-0.05, 0) is 53.6 Å². The van der Waals surface area contributed by atoms with Crippen LogP contribution in [0.3, 0.4) is 0 Å². The molecule has 7 nitrogen and oxygen atoms in total. The summed E-state index contributed by atoms with van der Waals surface area (Å²) in [5.41, 5.74) is 3.03. The van der Waals surface area contributed by atoms with Crippen molar-refractivity contribution in [2.75, 3.05) is 6.73 Å². The summed E-state index contributed by atoms with van der Waals surface area (Å²) in [5, 5.41) is 11.5. The second-order valence-corrected chi connectivity index (χ2v) is 8.03. The van der Waals surface area contributed by atoms with Crippen LogP contribution >= 0.6 is 11.6 Å². The van der Waals surface area contributed by atoms with Crippen molar-refractivity contribution in [3.8, 4) is 11.5 Å². The molecule has 0 aromatic heterocycles. The predicted octanol–water partition coefficient (Wildman–Crippen LogP) is 5.22. The predicted molar refractivity (Wildman–Crippen MR) is 119 cm³/mol. The maximum Gasteiger partial charge on any atom is 0.269 e. The normalized spacial score (nSPS) is 16.3. The first-order valence-electron chi connectivity index (χ1n) is 9.92. The fourth-order valence-corrected chi connectivity index (χ4v) is 3.92. The third-order valence-corrected chi connectivity index (χ3v) is 5.66. The molecule has 0 saturated heterocycles. The van der Waals surface area contributed by atoms with Crippen LogP contribution in [0.5, 0.6) is 11.5 Å². The van der Waals surface area contributed by atoms with Gasteiger partial charge in [-0.15, -0.1) is 0 Å². The Morgan fingerprint density at radius 2 is 1.81 bits per heavy atom. The number of nitro groups is 1. The highest BCUT2D eigenvalue weighted by Crippen LogP contribution is 2.42. The van der Waals surface area contributed by atoms with Gasteiger partial charge >= 0.3 is 0 Å². The average molecular weight is 449 g/mol. The van der Waals surface area contributed by atoms with Crippen molar-refractivity contribution >= 4 is 29.1 Å². The van der Waals surface area contributed by atoms with E-state index in [0.29, 0.717) is 47.5 Å². The molecule has 2 aliphatic heterocycles. The van der Waals surface area contributed by atoms with Crippen molar-refractivity contribution in [3.63, 3.8) is 0 Å². The highest BCUT2D eigenvalue weighted by atomic mass is 35.5. The number of nitro benzene ring substituents is 1. The fourth-order valence-electron chi connectivity index (χ4n) is 3.80. The molecule has 5 rings (SSSR count). The Morgan fingerprint density at radius 3 is 2.53 bits per heavy atom. The number of ketones is 1. The average Bonchev–Trinajstić information content (AvgIpc) is 3.11. The standard InChI is InChI=1S/C24H17ClN2O5/c25-17-5-1-16(2-6-17)12-26-13-20-21(31-14-26)10-9-19-23(28)22(32-24(19)20)11-15-3-7-18(8-4-15)27(29)30/h1-11H,12-14H2/b22-11-. The number of hydrogen-bond acceptors (Lipinski definition) is 6. The van der Waals surface area contributed by atoms with Crippen molar-refractivity contribution in [1.82, 2.24) is 4.90 Å². The van der Waals surface area contributed by atoms with Crippen LogP contribution in [0.2, 0.25) is 5.02 Å². The van der Waals surface area contributed by atoms with E-state index in [2.05, 4.69) is 4.90 Å². The second kappa shape index (κ2) is 8.11. The zero-order valence-corrected chi connectivity index (χ0v) is 17.5. The Morgan fingerprint density at radius 1 is 1.06 bits per heavy atom. The van der Waals surface area contributed by atoms with Gasteiger partial charge < -0.3 is 9.47 Å². The Hall–Kier alpha value is -3.68. The van der Waals surface area contributed by atoms with Gasteiger partial charge in [0.05, 0.1) is 16.1 Å². The van der Waals surface area contributed by atoms with Gasteiger partial charge in [0.2, 0.25) is 5.78 Å². The number of fused-ring (bicyclic) bond motifs is 3. The number of Topliss-reactive ketones (excluding diaryl/α,β-unsaturated/α-hetero) is 1. The Kier molecular flexibility index (Phi) is 5.13. The summed E-state index contributed by atoms with van der Waals surface area (Å²) in [4.78, 5) is 25.4. The lowest BCUT2D eigenvalue weighted by Gasteiger charge is -2.29. The summed E-state index contributed by atoms with van der Waals surface area (Å²) in [6.07, 6.45) is 1.59. The van der Waals surface area contributed by atoms with Crippen LogP contribution in [-0.2, 0) is 13.1 Å². The van der Waals surface area contributed by atoms with Gasteiger partial charge in [-0.25, -0.2) is 0 Å². The first-order chi connectivity index (χ1) is 15.5. The quantitative estimate of drug-likeness (QED) is 0.309. The number of ether oxygens (including phenoxy) is 2. The maximum absolute atomic E-state index is 12.9. The number of carbonyl (C=O) groups is 1. The molecule has 8 heteroatoms. The monoisotopic (exact) mass is 448 g/mol. The number of non-ortho nitro benzene ring substituents is 1. The van der Waals surface area contributed by atoms with Crippen LogP contribution in [0, 0.1) is 10.1 Å². The van der Waals surface area contributed by atoms with E-state index in [1.165, 1.54) is 12.1 Å². The van der Waals surface area contributed by atoms with E-state index in [1.54, 1.807) is 30.3 Å². The number of benzene rings is 3. The van der Waals surface area contributed by atoms with Gasteiger partial charge in [0.25, 0.3) is 5.69 Å². The van der Waals surface area contributed by atoms with E-state index in [1.807, 2.05) is 24.3 Å². The Balaban J connectivity index is 1.39. The minimum absolute atomic E-state index is 0.0129. The number of nitrogens with zero attached hydrogens (tertiary/aromatic N) is 2. The third kappa shape index (κ3) is 3.84. The highest BCUT2D eigenvalue weighted by Gasteiger charge is 2.33. The highest BCUT2D eigenvalue weighted by molar-refractivity contribution is 6.30. The molecule has 32 heavy (non-hydrogen) atoms. The topological polar surface area (TPSA) is 81.9 Å². The van der Waals surface area contributed by atoms with E-state index in [0.717, 1.165) is 11.1 Å². The van der Waals surface area contributed by atoms with E-state index < -0.39 is 4.92 Å². The van der Waals surface area contributed by atoms with Gasteiger partial charge in [0.1, 0.15) is 18.2 Å². The molecule has 2 aliphatic rings. The summed E-state index contributed by atoms with van der Waals surface area (Å²) in [6, 6.07) is 17.1. The first-order valence-corrected chi connectivity index (χ1v) is 10.3. The van der Waals surface area contributed by atoms with Crippen molar-refractivity contribution in [2.45, 2.75) is 13.1 Å². The molecular formula is C24H17ClN2O5. The summed E-state index contributed by atoms with van der Waals surface area (Å²) in [6.45, 7) is 1.66. The lowest BCUT2D eigenvalue weighted by atomic mass is 10.0. The molecule has 0 spiro atoms. The molecule has 0 radical (unpaired) electrons. The van der Waals surface area contributed by atoms with Crippen LogP contribution in [0.1, 0.15) is 27.0 Å². The largest absolute Gasteiger partial charge is 0.478 e. The molecule has 0 atom stereocenters. The maximum atomic E-state index is 12.9. The Labute approximate surface area is 188 Å². The summed E-state index contributed by atoms with van der Waals surface area (Å²) in [7, 11) is 0. The van der Waals surface area contributed by atoms with Crippen molar-refractivity contribution in [3.05, 3.63) is 104 Å². The number of hydrogen-bond donors (Lipinski definition) is 0. The lowest BCUT2D eigenvalue weighted by molar-refractivity contribution is -0.384. The van der Waals surface area contributed by atoms with E-state index in [-0.39, 0.29) is 17.2 Å². The van der Waals surface area contributed by atoms with Crippen molar-refractivity contribution in [2.24, 2.45) is 0 Å². The van der Waals surface area contributed by atoms with Gasteiger partial charge in [-0.1, -0.05) is 23.7 Å². The molecule has 160 valence electrons. The minimum Gasteiger partial charge on any atom is -0.478 e. The summed E-state index contributed by atoms with van der Waals surface area (Å²) >= 11 is 5.97. The molecule has 0 aliphatic carbocycles. The van der Waals surface area contributed by atoms with E-state index >= 15 is 0 Å². The van der Waals surface area contributed by atoms with Gasteiger partial charge in [-0.3, -0.25) is 19.8 Å². The number of rotatable bonds is 4. The van der Waals surface area contributed by atoms with Crippen LogP contribution in [-0.4, -0.2) is 22.3 Å². The lowest BCUT2D eigenvalue weighted by Crippen LogP contribution is -2.31. The third-order valence-electron chi connectivity index (χ3n) is 5.40. The molecule has 0 saturated carbocycles. The van der Waals surface area contributed by atoms with Crippen molar-refractivity contribution in [1.29, 1.82) is 0 Å². The van der Waals surface area contributed by atoms with Crippen LogP contribution in [0.15, 0.2) is 66.4 Å². The fraction of sp³-hybridized carbons (Fsp3) is 0.125. The van der Waals surface area contributed by atoms with Crippen molar-refractivity contribution < 1.29 is 19.2 Å². The molecular weight excluding hydrogens is 432 g/mol. The minimum atomic E-state index is -0.466. The number of allylic oxidation sites excluding steroid dienone is 1.